The standard InChI is InChI=1S/C20H18ClNO4/c1-3-24-20(23)13(2)25-15-8-10-16(11-9-15)26-18-12-14-6-4-5-7-17(14)22-19(18)21/h4-13H,3H2,1-2H3. The molecule has 0 amide bonds. The molecule has 1 aromatic heterocycles. The van der Waals surface area contributed by atoms with Crippen molar-refractivity contribution in [3.8, 4) is 17.2 Å². The van der Waals surface area contributed by atoms with Gasteiger partial charge in [-0.25, -0.2) is 9.78 Å². The van der Waals surface area contributed by atoms with Crippen molar-refractivity contribution in [1.82, 2.24) is 4.98 Å². The summed E-state index contributed by atoms with van der Waals surface area (Å²) in [6, 6.07) is 16.4. The van der Waals surface area contributed by atoms with Gasteiger partial charge in [-0.3, -0.25) is 0 Å². The lowest BCUT2D eigenvalue weighted by Gasteiger charge is -2.14. The van der Waals surface area contributed by atoms with Crippen LogP contribution in [-0.4, -0.2) is 23.7 Å². The molecule has 1 heterocycles. The third-order valence-electron chi connectivity index (χ3n) is 3.63. The first kappa shape index (κ1) is 18.0. The number of pyridine rings is 1. The van der Waals surface area contributed by atoms with Gasteiger partial charge in [-0.15, -0.1) is 0 Å². The number of halogens is 1. The summed E-state index contributed by atoms with van der Waals surface area (Å²) in [6.07, 6.45) is -0.680. The van der Waals surface area contributed by atoms with Crippen LogP contribution >= 0.6 is 11.6 Å². The molecule has 6 heteroatoms. The Morgan fingerprint density at radius 2 is 1.81 bits per heavy atom. The minimum absolute atomic E-state index is 0.292. The second-order valence-electron chi connectivity index (χ2n) is 5.56. The minimum Gasteiger partial charge on any atom is -0.479 e. The maximum atomic E-state index is 11.6. The topological polar surface area (TPSA) is 57.7 Å². The van der Waals surface area contributed by atoms with E-state index in [1.54, 1.807) is 38.1 Å². The first-order valence-corrected chi connectivity index (χ1v) is 8.61. The van der Waals surface area contributed by atoms with Crippen molar-refractivity contribution in [2.75, 3.05) is 6.61 Å². The Balaban J connectivity index is 1.71. The molecule has 0 fully saturated rings. The normalized spacial score (nSPS) is 11.8. The van der Waals surface area contributed by atoms with Crippen LogP contribution in [0, 0.1) is 0 Å². The zero-order valence-electron chi connectivity index (χ0n) is 14.4. The number of hydrogen-bond donors (Lipinski definition) is 0. The lowest BCUT2D eigenvalue weighted by molar-refractivity contribution is -0.150. The number of nitrogens with zero attached hydrogens (tertiary/aromatic N) is 1. The lowest BCUT2D eigenvalue weighted by atomic mass is 10.2. The number of benzene rings is 2. The molecule has 3 aromatic rings. The van der Waals surface area contributed by atoms with Crippen molar-refractivity contribution < 1.29 is 19.0 Å². The largest absolute Gasteiger partial charge is 0.479 e. The van der Waals surface area contributed by atoms with Crippen LogP contribution in [-0.2, 0) is 9.53 Å². The predicted octanol–water partition coefficient (Wildman–Crippen LogP) is 5.01. The quantitative estimate of drug-likeness (QED) is 0.450. The molecule has 0 N–H and O–H groups in total. The fraction of sp³-hybridized carbons (Fsp3) is 0.200. The smallest absolute Gasteiger partial charge is 0.347 e. The third kappa shape index (κ3) is 4.24. The summed E-state index contributed by atoms with van der Waals surface area (Å²) in [7, 11) is 0. The Morgan fingerprint density at radius 3 is 2.54 bits per heavy atom. The molecule has 1 unspecified atom stereocenters. The molecule has 0 aliphatic carbocycles. The molecule has 0 saturated heterocycles. The van der Waals surface area contributed by atoms with Gasteiger partial charge in [0.1, 0.15) is 11.5 Å². The van der Waals surface area contributed by atoms with Crippen molar-refractivity contribution >= 4 is 28.5 Å². The number of esters is 1. The van der Waals surface area contributed by atoms with Crippen molar-refractivity contribution in [2.24, 2.45) is 0 Å². The van der Waals surface area contributed by atoms with Crippen LogP contribution in [0.2, 0.25) is 5.15 Å². The van der Waals surface area contributed by atoms with E-state index < -0.39 is 12.1 Å². The molecule has 3 rings (SSSR count). The number of ether oxygens (including phenoxy) is 3. The fourth-order valence-electron chi connectivity index (χ4n) is 2.37. The number of fused-ring (bicyclic) bond motifs is 1. The van der Waals surface area contributed by atoms with E-state index in [9.17, 15) is 4.79 Å². The molecule has 0 radical (unpaired) electrons. The predicted molar refractivity (Wildman–Crippen MR) is 100.0 cm³/mol. The summed E-state index contributed by atoms with van der Waals surface area (Å²) in [4.78, 5) is 15.9. The first-order valence-electron chi connectivity index (χ1n) is 8.23. The van der Waals surface area contributed by atoms with Gasteiger partial charge in [0.05, 0.1) is 12.1 Å². The van der Waals surface area contributed by atoms with Crippen LogP contribution in [0.1, 0.15) is 13.8 Å². The van der Waals surface area contributed by atoms with E-state index in [0.717, 1.165) is 10.9 Å². The maximum Gasteiger partial charge on any atom is 0.347 e. The number of hydrogen-bond acceptors (Lipinski definition) is 5. The van der Waals surface area contributed by atoms with E-state index in [-0.39, 0.29) is 0 Å². The zero-order valence-corrected chi connectivity index (χ0v) is 15.2. The van der Waals surface area contributed by atoms with Gasteiger partial charge in [0, 0.05) is 5.39 Å². The first-order chi connectivity index (χ1) is 12.6. The van der Waals surface area contributed by atoms with Crippen molar-refractivity contribution in [1.29, 1.82) is 0 Å². The summed E-state index contributed by atoms with van der Waals surface area (Å²) < 4.78 is 16.3. The molecule has 1 atom stereocenters. The molecule has 0 aliphatic rings. The van der Waals surface area contributed by atoms with Gasteiger partial charge in [-0.1, -0.05) is 29.8 Å². The molecule has 0 bridgehead atoms. The van der Waals surface area contributed by atoms with Crippen LogP contribution in [0.3, 0.4) is 0 Å². The molecule has 26 heavy (non-hydrogen) atoms. The molecule has 0 saturated carbocycles. The highest BCUT2D eigenvalue weighted by molar-refractivity contribution is 6.31. The Kier molecular flexibility index (Phi) is 5.58. The van der Waals surface area contributed by atoms with Gasteiger partial charge in [-0.05, 0) is 50.2 Å². The Hall–Kier alpha value is -2.79. The zero-order chi connectivity index (χ0) is 18.5. The molecular formula is C20H18ClNO4. The summed E-state index contributed by atoms with van der Waals surface area (Å²) in [5, 5.41) is 1.23. The maximum absolute atomic E-state index is 11.6. The number of carbonyl (C=O) groups is 1. The van der Waals surface area contributed by atoms with Gasteiger partial charge < -0.3 is 14.2 Å². The monoisotopic (exact) mass is 371 g/mol. The number of aromatic nitrogens is 1. The van der Waals surface area contributed by atoms with Crippen LogP contribution < -0.4 is 9.47 Å². The highest BCUT2D eigenvalue weighted by Crippen LogP contribution is 2.31. The van der Waals surface area contributed by atoms with Gasteiger partial charge in [-0.2, -0.15) is 0 Å². The molecule has 0 spiro atoms. The van der Waals surface area contributed by atoms with Crippen LogP contribution in [0.15, 0.2) is 54.6 Å². The molecule has 0 aliphatic heterocycles. The average Bonchev–Trinajstić information content (AvgIpc) is 2.64. The van der Waals surface area contributed by atoms with E-state index in [4.69, 9.17) is 25.8 Å². The highest BCUT2D eigenvalue weighted by atomic mass is 35.5. The van der Waals surface area contributed by atoms with Gasteiger partial charge in [0.2, 0.25) is 0 Å². The van der Waals surface area contributed by atoms with Crippen LogP contribution in [0.5, 0.6) is 17.2 Å². The van der Waals surface area contributed by atoms with E-state index in [2.05, 4.69) is 4.98 Å². The summed E-state index contributed by atoms with van der Waals surface area (Å²) in [5.74, 6) is 1.20. The number of carbonyl (C=O) groups excluding carboxylic acids is 1. The molecule has 134 valence electrons. The Bertz CT molecular complexity index is 911. The Labute approximate surface area is 156 Å². The van der Waals surface area contributed by atoms with Crippen LogP contribution in [0.25, 0.3) is 10.9 Å². The summed E-state index contributed by atoms with van der Waals surface area (Å²) in [5.41, 5.74) is 0.807. The van der Waals surface area contributed by atoms with E-state index in [1.165, 1.54) is 0 Å². The average molecular weight is 372 g/mol. The molecular weight excluding hydrogens is 354 g/mol. The number of rotatable bonds is 6. The summed E-state index contributed by atoms with van der Waals surface area (Å²) >= 11 is 6.21. The van der Waals surface area contributed by atoms with Crippen molar-refractivity contribution in [3.63, 3.8) is 0 Å². The molecule has 5 nitrogen and oxygen atoms in total. The van der Waals surface area contributed by atoms with Gasteiger partial charge in [0.15, 0.2) is 17.0 Å². The van der Waals surface area contributed by atoms with Gasteiger partial charge >= 0.3 is 5.97 Å². The fourth-order valence-corrected chi connectivity index (χ4v) is 2.55. The third-order valence-corrected chi connectivity index (χ3v) is 3.90. The summed E-state index contributed by atoms with van der Waals surface area (Å²) in [6.45, 7) is 3.71. The minimum atomic E-state index is -0.680. The molecule has 2 aromatic carbocycles. The Morgan fingerprint density at radius 1 is 1.12 bits per heavy atom. The van der Waals surface area contributed by atoms with Gasteiger partial charge in [0.25, 0.3) is 0 Å². The van der Waals surface area contributed by atoms with E-state index in [0.29, 0.717) is 29.0 Å². The number of para-hydroxylation sites is 1. The lowest BCUT2D eigenvalue weighted by Crippen LogP contribution is -2.25. The SMILES string of the molecule is CCOC(=O)C(C)Oc1ccc(Oc2cc3ccccc3nc2Cl)cc1. The highest BCUT2D eigenvalue weighted by Gasteiger charge is 2.15. The van der Waals surface area contributed by atoms with E-state index >= 15 is 0 Å². The van der Waals surface area contributed by atoms with Crippen molar-refractivity contribution in [3.05, 3.63) is 59.8 Å². The van der Waals surface area contributed by atoms with Crippen LogP contribution in [0.4, 0.5) is 0 Å². The van der Waals surface area contributed by atoms with E-state index in [1.807, 2.05) is 30.3 Å². The van der Waals surface area contributed by atoms with Crippen molar-refractivity contribution in [2.45, 2.75) is 20.0 Å². The second kappa shape index (κ2) is 8.06. The second-order valence-corrected chi connectivity index (χ2v) is 5.91.